The number of H-pyrrole nitrogens is 1. The molecule has 1 amide bonds. The predicted molar refractivity (Wildman–Crippen MR) is 69.7 cm³/mol. The fourth-order valence-electron chi connectivity index (χ4n) is 1.70. The van der Waals surface area contributed by atoms with Gasteiger partial charge in [-0.05, 0) is 6.92 Å². The van der Waals surface area contributed by atoms with Crippen molar-refractivity contribution in [1.82, 2.24) is 20.0 Å². The number of hydrogen-bond acceptors (Lipinski definition) is 4. The van der Waals surface area contributed by atoms with Crippen LogP contribution in [0, 0.1) is 6.92 Å². The Morgan fingerprint density at radius 1 is 1.53 bits per heavy atom. The molecular weight excluding hydrogens is 244 g/mol. The van der Waals surface area contributed by atoms with E-state index in [2.05, 4.69) is 15.1 Å². The first-order chi connectivity index (χ1) is 8.97. The number of aryl methyl sites for hydroxylation is 1. The Kier molecular flexibility index (Phi) is 3.69. The number of carbonyl (C=O) groups excluding carboxylic acids is 1. The van der Waals surface area contributed by atoms with Crippen molar-refractivity contribution >= 4 is 5.91 Å². The lowest BCUT2D eigenvalue weighted by molar-refractivity contribution is 0.0771. The molecule has 0 aliphatic carbocycles. The van der Waals surface area contributed by atoms with Crippen molar-refractivity contribution in [3.8, 4) is 0 Å². The number of rotatable bonds is 4. The molecule has 0 atom stereocenters. The van der Waals surface area contributed by atoms with Gasteiger partial charge in [-0.1, -0.05) is 19.0 Å². The van der Waals surface area contributed by atoms with E-state index >= 15 is 0 Å². The van der Waals surface area contributed by atoms with Gasteiger partial charge in [-0.2, -0.15) is 0 Å². The molecule has 0 saturated carbocycles. The number of hydrogen-bond donors (Lipinski definition) is 1. The number of aromatic nitrogens is 3. The second-order valence-electron chi connectivity index (χ2n) is 4.94. The van der Waals surface area contributed by atoms with Gasteiger partial charge in [0.1, 0.15) is 11.6 Å². The lowest BCUT2D eigenvalue weighted by Crippen LogP contribution is -2.27. The quantitative estimate of drug-likeness (QED) is 0.915. The van der Waals surface area contributed by atoms with Gasteiger partial charge in [0.05, 0.1) is 6.54 Å². The standard InChI is InChI=1S/C13H18N4O2/c1-8(2)11-5-10(16-19-11)13(18)17(4)7-12-14-6-9(3)15-12/h5-6,8H,7H2,1-4H3,(H,14,15). The van der Waals surface area contributed by atoms with Crippen molar-refractivity contribution in [2.45, 2.75) is 33.2 Å². The van der Waals surface area contributed by atoms with E-state index in [1.54, 1.807) is 24.2 Å². The summed E-state index contributed by atoms with van der Waals surface area (Å²) in [5, 5.41) is 3.81. The summed E-state index contributed by atoms with van der Waals surface area (Å²) in [6.45, 7) is 6.32. The van der Waals surface area contributed by atoms with E-state index < -0.39 is 0 Å². The molecule has 0 bridgehead atoms. The Bertz CT molecular complexity index is 571. The highest BCUT2D eigenvalue weighted by molar-refractivity contribution is 5.92. The topological polar surface area (TPSA) is 75.0 Å². The molecule has 2 rings (SSSR count). The van der Waals surface area contributed by atoms with Crippen LogP contribution in [0.3, 0.4) is 0 Å². The minimum Gasteiger partial charge on any atom is -0.360 e. The van der Waals surface area contributed by atoms with Gasteiger partial charge in [-0.3, -0.25) is 4.79 Å². The number of imidazole rings is 1. The molecule has 0 aromatic carbocycles. The molecule has 0 fully saturated rings. The fraction of sp³-hybridized carbons (Fsp3) is 0.462. The average Bonchev–Trinajstić information content (AvgIpc) is 2.97. The molecule has 0 unspecified atom stereocenters. The van der Waals surface area contributed by atoms with Crippen LogP contribution in [0.4, 0.5) is 0 Å². The number of amides is 1. The molecule has 0 saturated heterocycles. The highest BCUT2D eigenvalue weighted by Crippen LogP contribution is 2.16. The summed E-state index contributed by atoms with van der Waals surface area (Å²) >= 11 is 0. The lowest BCUT2D eigenvalue weighted by atomic mass is 10.1. The van der Waals surface area contributed by atoms with Gasteiger partial charge in [0.25, 0.3) is 5.91 Å². The maximum absolute atomic E-state index is 12.2. The van der Waals surface area contributed by atoms with Gasteiger partial charge in [0, 0.05) is 30.9 Å². The van der Waals surface area contributed by atoms with Crippen LogP contribution >= 0.6 is 0 Å². The summed E-state index contributed by atoms with van der Waals surface area (Å²) in [6, 6.07) is 1.69. The van der Waals surface area contributed by atoms with Crippen LogP contribution in [0.15, 0.2) is 16.8 Å². The molecule has 0 spiro atoms. The zero-order valence-electron chi connectivity index (χ0n) is 11.6. The first-order valence-corrected chi connectivity index (χ1v) is 6.20. The van der Waals surface area contributed by atoms with Crippen LogP contribution in [-0.2, 0) is 6.54 Å². The van der Waals surface area contributed by atoms with Crippen molar-refractivity contribution in [3.05, 3.63) is 35.2 Å². The Morgan fingerprint density at radius 3 is 2.79 bits per heavy atom. The molecule has 6 nitrogen and oxygen atoms in total. The first kappa shape index (κ1) is 13.3. The molecule has 2 heterocycles. The Balaban J connectivity index is 2.05. The summed E-state index contributed by atoms with van der Waals surface area (Å²) in [5.74, 6) is 1.50. The monoisotopic (exact) mass is 262 g/mol. The molecule has 6 heteroatoms. The zero-order valence-corrected chi connectivity index (χ0v) is 11.6. The largest absolute Gasteiger partial charge is 0.360 e. The minimum absolute atomic E-state index is 0.176. The van der Waals surface area contributed by atoms with Crippen molar-refractivity contribution in [2.24, 2.45) is 0 Å². The Labute approximate surface area is 111 Å². The molecule has 0 aliphatic rings. The SMILES string of the molecule is Cc1cnc(CN(C)C(=O)c2cc(C(C)C)on2)[nH]1. The molecule has 0 radical (unpaired) electrons. The third-order valence-corrected chi connectivity index (χ3v) is 2.81. The number of aromatic amines is 1. The summed E-state index contributed by atoms with van der Waals surface area (Å²) in [7, 11) is 1.71. The minimum atomic E-state index is -0.176. The van der Waals surface area contributed by atoms with Crippen LogP contribution in [0.1, 0.15) is 47.5 Å². The Morgan fingerprint density at radius 2 is 2.26 bits per heavy atom. The lowest BCUT2D eigenvalue weighted by Gasteiger charge is -2.13. The van der Waals surface area contributed by atoms with E-state index in [0.29, 0.717) is 18.0 Å². The van der Waals surface area contributed by atoms with Crippen molar-refractivity contribution < 1.29 is 9.32 Å². The molecule has 0 aliphatic heterocycles. The molecule has 1 N–H and O–H groups in total. The van der Waals surface area contributed by atoms with Gasteiger partial charge in [0.2, 0.25) is 0 Å². The van der Waals surface area contributed by atoms with Crippen molar-refractivity contribution in [3.63, 3.8) is 0 Å². The van der Waals surface area contributed by atoms with E-state index in [0.717, 1.165) is 11.5 Å². The van der Waals surface area contributed by atoms with E-state index in [1.807, 2.05) is 20.8 Å². The molecule has 19 heavy (non-hydrogen) atoms. The average molecular weight is 262 g/mol. The number of nitrogens with one attached hydrogen (secondary N) is 1. The zero-order chi connectivity index (χ0) is 14.0. The van der Waals surface area contributed by atoms with Gasteiger partial charge in [0.15, 0.2) is 5.69 Å². The van der Waals surface area contributed by atoms with Crippen LogP contribution in [-0.4, -0.2) is 33.0 Å². The molecule has 2 aromatic heterocycles. The van der Waals surface area contributed by atoms with Crippen LogP contribution in [0.25, 0.3) is 0 Å². The summed E-state index contributed by atoms with van der Waals surface area (Å²) in [6.07, 6.45) is 1.74. The van der Waals surface area contributed by atoms with Gasteiger partial charge < -0.3 is 14.4 Å². The van der Waals surface area contributed by atoms with Crippen molar-refractivity contribution in [2.75, 3.05) is 7.05 Å². The van der Waals surface area contributed by atoms with E-state index in [4.69, 9.17) is 4.52 Å². The predicted octanol–water partition coefficient (Wildman–Crippen LogP) is 2.10. The summed E-state index contributed by atoms with van der Waals surface area (Å²) in [5.41, 5.74) is 1.30. The summed E-state index contributed by atoms with van der Waals surface area (Å²) in [4.78, 5) is 21.0. The van der Waals surface area contributed by atoms with Gasteiger partial charge >= 0.3 is 0 Å². The Hall–Kier alpha value is -2.11. The normalized spacial score (nSPS) is 11.0. The second-order valence-corrected chi connectivity index (χ2v) is 4.94. The highest BCUT2D eigenvalue weighted by atomic mass is 16.5. The van der Waals surface area contributed by atoms with Gasteiger partial charge in [-0.15, -0.1) is 0 Å². The summed E-state index contributed by atoms with van der Waals surface area (Å²) < 4.78 is 5.13. The number of carbonyl (C=O) groups is 1. The second kappa shape index (κ2) is 5.26. The van der Waals surface area contributed by atoms with E-state index in [-0.39, 0.29) is 11.8 Å². The maximum Gasteiger partial charge on any atom is 0.276 e. The van der Waals surface area contributed by atoms with Crippen LogP contribution in [0.5, 0.6) is 0 Å². The molecular formula is C13H18N4O2. The van der Waals surface area contributed by atoms with Gasteiger partial charge in [-0.25, -0.2) is 4.98 Å². The highest BCUT2D eigenvalue weighted by Gasteiger charge is 2.18. The maximum atomic E-state index is 12.2. The number of nitrogens with zero attached hydrogens (tertiary/aromatic N) is 3. The fourth-order valence-corrected chi connectivity index (χ4v) is 1.70. The smallest absolute Gasteiger partial charge is 0.276 e. The molecule has 2 aromatic rings. The van der Waals surface area contributed by atoms with E-state index in [1.165, 1.54) is 0 Å². The molecule has 102 valence electrons. The van der Waals surface area contributed by atoms with Crippen LogP contribution in [0.2, 0.25) is 0 Å². The third kappa shape index (κ3) is 3.01. The van der Waals surface area contributed by atoms with E-state index in [9.17, 15) is 4.79 Å². The van der Waals surface area contributed by atoms with Crippen LogP contribution < -0.4 is 0 Å². The first-order valence-electron chi connectivity index (χ1n) is 6.20. The van der Waals surface area contributed by atoms with Crippen molar-refractivity contribution in [1.29, 1.82) is 0 Å². The third-order valence-electron chi connectivity index (χ3n) is 2.81.